The molecule has 0 atom stereocenters. The lowest BCUT2D eigenvalue weighted by atomic mass is 10.1. The minimum absolute atomic E-state index is 0.0408. The van der Waals surface area contributed by atoms with E-state index in [1.807, 2.05) is 24.3 Å². The summed E-state index contributed by atoms with van der Waals surface area (Å²) in [6, 6.07) is 11.6. The number of rotatable bonds is 5. The lowest BCUT2D eigenvalue weighted by molar-refractivity contribution is -0.119. The maximum absolute atomic E-state index is 13.8. The lowest BCUT2D eigenvalue weighted by Crippen LogP contribution is -2.18. The first kappa shape index (κ1) is 19.0. The van der Waals surface area contributed by atoms with Crippen LogP contribution in [0.5, 0.6) is 0 Å². The van der Waals surface area contributed by atoms with Crippen LogP contribution in [-0.2, 0) is 11.3 Å². The lowest BCUT2D eigenvalue weighted by Gasteiger charge is -2.05. The Morgan fingerprint density at radius 1 is 1.19 bits per heavy atom. The van der Waals surface area contributed by atoms with Crippen molar-refractivity contribution >= 4 is 39.9 Å². The van der Waals surface area contributed by atoms with Crippen molar-refractivity contribution < 1.29 is 14.0 Å². The van der Waals surface area contributed by atoms with Crippen molar-refractivity contribution in [1.82, 2.24) is 10.3 Å². The number of carbonyl (C=O) groups is 2. The SMILES string of the molecule is CC(=O)NCc1ccc(-c2csc(NC(=O)c3c(F)cccc3Cl)n2)cc1. The third-order valence-electron chi connectivity index (χ3n) is 3.71. The van der Waals surface area contributed by atoms with E-state index in [0.29, 0.717) is 17.4 Å². The van der Waals surface area contributed by atoms with Gasteiger partial charge in [-0.1, -0.05) is 41.9 Å². The summed E-state index contributed by atoms with van der Waals surface area (Å²) >= 11 is 7.14. The van der Waals surface area contributed by atoms with Gasteiger partial charge in [-0.05, 0) is 17.7 Å². The van der Waals surface area contributed by atoms with Gasteiger partial charge in [-0.3, -0.25) is 14.9 Å². The molecule has 1 heterocycles. The van der Waals surface area contributed by atoms with Crippen LogP contribution in [0, 0.1) is 5.82 Å². The third-order valence-corrected chi connectivity index (χ3v) is 4.78. The van der Waals surface area contributed by atoms with Crippen molar-refractivity contribution in [3.05, 3.63) is 69.8 Å². The number of aromatic nitrogens is 1. The molecule has 0 saturated heterocycles. The first-order valence-corrected chi connectivity index (χ1v) is 9.24. The highest BCUT2D eigenvalue weighted by Crippen LogP contribution is 2.27. The molecule has 0 unspecified atom stereocenters. The molecular weight excluding hydrogens is 389 g/mol. The molecule has 0 aliphatic carbocycles. The van der Waals surface area contributed by atoms with E-state index in [0.717, 1.165) is 11.1 Å². The van der Waals surface area contributed by atoms with Crippen molar-refractivity contribution in [3.63, 3.8) is 0 Å². The van der Waals surface area contributed by atoms with E-state index in [9.17, 15) is 14.0 Å². The fourth-order valence-corrected chi connectivity index (χ4v) is 3.32. The second kappa shape index (κ2) is 8.28. The second-order valence-electron chi connectivity index (χ2n) is 5.70. The molecule has 2 amide bonds. The summed E-state index contributed by atoms with van der Waals surface area (Å²) in [6.45, 7) is 1.92. The molecule has 0 fully saturated rings. The molecule has 138 valence electrons. The van der Waals surface area contributed by atoms with Crippen LogP contribution in [0.2, 0.25) is 5.02 Å². The number of nitrogens with one attached hydrogen (secondary N) is 2. The molecule has 0 aliphatic heterocycles. The van der Waals surface area contributed by atoms with Crippen LogP contribution in [0.15, 0.2) is 47.8 Å². The van der Waals surface area contributed by atoms with E-state index < -0.39 is 11.7 Å². The number of nitrogens with zero attached hydrogens (tertiary/aromatic N) is 1. The minimum atomic E-state index is -0.688. The molecule has 0 spiro atoms. The summed E-state index contributed by atoms with van der Waals surface area (Å²) in [4.78, 5) is 27.6. The predicted octanol–water partition coefficient (Wildman–Crippen LogP) is 4.49. The van der Waals surface area contributed by atoms with E-state index in [1.54, 1.807) is 5.38 Å². The first-order valence-electron chi connectivity index (χ1n) is 7.98. The maximum atomic E-state index is 13.8. The van der Waals surface area contributed by atoms with Crippen LogP contribution in [0.3, 0.4) is 0 Å². The summed E-state index contributed by atoms with van der Waals surface area (Å²) in [6.07, 6.45) is 0. The molecule has 0 radical (unpaired) electrons. The molecule has 3 rings (SSSR count). The van der Waals surface area contributed by atoms with Gasteiger partial charge in [0.15, 0.2) is 5.13 Å². The summed E-state index contributed by atoms with van der Waals surface area (Å²) in [5, 5.41) is 7.48. The van der Waals surface area contributed by atoms with Gasteiger partial charge in [-0.15, -0.1) is 11.3 Å². The Morgan fingerprint density at radius 2 is 1.93 bits per heavy atom. The molecule has 2 N–H and O–H groups in total. The quantitative estimate of drug-likeness (QED) is 0.659. The van der Waals surface area contributed by atoms with Crippen LogP contribution in [0.25, 0.3) is 11.3 Å². The first-order chi connectivity index (χ1) is 12.9. The number of anilines is 1. The minimum Gasteiger partial charge on any atom is -0.352 e. The highest BCUT2D eigenvalue weighted by molar-refractivity contribution is 7.14. The van der Waals surface area contributed by atoms with Crippen LogP contribution < -0.4 is 10.6 Å². The summed E-state index contributed by atoms with van der Waals surface area (Å²) in [5.41, 5.74) is 2.30. The van der Waals surface area contributed by atoms with Gasteiger partial charge in [-0.2, -0.15) is 0 Å². The number of carbonyl (C=O) groups excluding carboxylic acids is 2. The number of hydrogen-bond donors (Lipinski definition) is 2. The predicted molar refractivity (Wildman–Crippen MR) is 104 cm³/mol. The van der Waals surface area contributed by atoms with Crippen LogP contribution in [-0.4, -0.2) is 16.8 Å². The van der Waals surface area contributed by atoms with Gasteiger partial charge in [-0.25, -0.2) is 9.37 Å². The zero-order valence-corrected chi connectivity index (χ0v) is 15.8. The molecular formula is C19H15ClFN3O2S. The Balaban J connectivity index is 1.71. The fraction of sp³-hybridized carbons (Fsp3) is 0.105. The number of halogens is 2. The monoisotopic (exact) mass is 403 g/mol. The van der Waals surface area contributed by atoms with Gasteiger partial charge >= 0.3 is 0 Å². The van der Waals surface area contributed by atoms with Crippen molar-refractivity contribution in [2.45, 2.75) is 13.5 Å². The molecule has 3 aromatic rings. The van der Waals surface area contributed by atoms with Gasteiger partial charge in [0.05, 0.1) is 16.3 Å². The van der Waals surface area contributed by atoms with Gasteiger partial charge in [0.1, 0.15) is 5.82 Å². The summed E-state index contributed by atoms with van der Waals surface area (Å²) < 4.78 is 13.8. The van der Waals surface area contributed by atoms with E-state index in [2.05, 4.69) is 15.6 Å². The zero-order chi connectivity index (χ0) is 19.4. The molecule has 0 bridgehead atoms. The standard InChI is InChI=1S/C19H15ClFN3O2S/c1-11(25)22-9-12-5-7-13(8-6-12)16-10-27-19(23-16)24-18(26)17-14(20)3-2-4-15(17)21/h2-8,10H,9H2,1H3,(H,22,25)(H,23,24,26). The second-order valence-corrected chi connectivity index (χ2v) is 6.96. The van der Waals surface area contributed by atoms with Gasteiger partial charge in [0.25, 0.3) is 5.91 Å². The maximum Gasteiger partial charge on any atom is 0.261 e. The summed E-state index contributed by atoms with van der Waals surface area (Å²) in [7, 11) is 0. The van der Waals surface area contributed by atoms with E-state index >= 15 is 0 Å². The van der Waals surface area contributed by atoms with Crippen molar-refractivity contribution in [3.8, 4) is 11.3 Å². The molecule has 27 heavy (non-hydrogen) atoms. The van der Waals surface area contributed by atoms with Crippen LogP contribution in [0.1, 0.15) is 22.8 Å². The number of hydrogen-bond acceptors (Lipinski definition) is 4. The van der Waals surface area contributed by atoms with E-state index in [1.165, 1.54) is 36.5 Å². The number of thiazole rings is 1. The molecule has 8 heteroatoms. The van der Waals surface area contributed by atoms with Gasteiger partial charge in [0.2, 0.25) is 5.91 Å². The molecule has 0 saturated carbocycles. The topological polar surface area (TPSA) is 71.1 Å². The van der Waals surface area contributed by atoms with Crippen molar-refractivity contribution in [2.75, 3.05) is 5.32 Å². The van der Waals surface area contributed by atoms with Crippen LogP contribution in [0.4, 0.5) is 9.52 Å². The van der Waals surface area contributed by atoms with Gasteiger partial charge < -0.3 is 5.32 Å². The van der Waals surface area contributed by atoms with Crippen molar-refractivity contribution in [2.24, 2.45) is 0 Å². The number of benzene rings is 2. The Morgan fingerprint density at radius 3 is 2.59 bits per heavy atom. The Kier molecular flexibility index (Phi) is 5.83. The highest BCUT2D eigenvalue weighted by atomic mass is 35.5. The van der Waals surface area contributed by atoms with E-state index in [4.69, 9.17) is 11.6 Å². The molecule has 5 nitrogen and oxygen atoms in total. The average Bonchev–Trinajstić information content (AvgIpc) is 3.08. The Bertz CT molecular complexity index is 969. The Labute approximate surface area is 164 Å². The molecule has 2 aromatic carbocycles. The largest absolute Gasteiger partial charge is 0.352 e. The smallest absolute Gasteiger partial charge is 0.261 e. The van der Waals surface area contributed by atoms with E-state index in [-0.39, 0.29) is 16.5 Å². The normalized spacial score (nSPS) is 10.5. The third kappa shape index (κ3) is 4.69. The Hall–Kier alpha value is -2.77. The van der Waals surface area contributed by atoms with Crippen LogP contribution >= 0.6 is 22.9 Å². The fourth-order valence-electron chi connectivity index (χ4n) is 2.36. The molecule has 0 aliphatic rings. The van der Waals surface area contributed by atoms with Crippen molar-refractivity contribution in [1.29, 1.82) is 0 Å². The zero-order valence-electron chi connectivity index (χ0n) is 14.3. The summed E-state index contributed by atoms with van der Waals surface area (Å²) in [5.74, 6) is -1.43. The molecule has 1 aromatic heterocycles. The van der Waals surface area contributed by atoms with Gasteiger partial charge in [0, 0.05) is 24.4 Å². The number of amides is 2. The average molecular weight is 404 g/mol. The highest BCUT2D eigenvalue weighted by Gasteiger charge is 2.17.